The smallest absolute Gasteiger partial charge is 0.493 e. The average molecular weight is 383 g/mol. The fraction of sp³-hybridized carbons (Fsp3) is 0.278. The van der Waals surface area contributed by atoms with E-state index in [0.717, 1.165) is 5.56 Å². The van der Waals surface area contributed by atoms with Crippen molar-refractivity contribution >= 4 is 11.6 Å². The Morgan fingerprint density at radius 3 is 2.52 bits per heavy atom. The fourth-order valence-corrected chi connectivity index (χ4v) is 2.22. The summed E-state index contributed by atoms with van der Waals surface area (Å²) in [5.41, 5.74) is 6.63. The van der Waals surface area contributed by atoms with Gasteiger partial charge in [0.2, 0.25) is 0 Å². The van der Waals surface area contributed by atoms with E-state index in [1.54, 1.807) is 24.3 Å². The highest BCUT2D eigenvalue weighted by atomic mass is 19.4. The van der Waals surface area contributed by atoms with Crippen LogP contribution in [0.1, 0.15) is 12.5 Å². The van der Waals surface area contributed by atoms with Gasteiger partial charge >= 0.3 is 6.36 Å². The van der Waals surface area contributed by atoms with Gasteiger partial charge in [0.15, 0.2) is 23.2 Å². The highest BCUT2D eigenvalue weighted by Crippen LogP contribution is 2.30. The molecule has 0 spiro atoms. The first-order valence-corrected chi connectivity index (χ1v) is 8.03. The van der Waals surface area contributed by atoms with Crippen molar-refractivity contribution < 1.29 is 27.4 Å². The van der Waals surface area contributed by atoms with Crippen LogP contribution in [-0.4, -0.2) is 26.0 Å². The zero-order chi connectivity index (χ0) is 19.9. The maximum absolute atomic E-state index is 12.5. The maximum atomic E-state index is 12.5. The van der Waals surface area contributed by atoms with E-state index in [1.807, 2.05) is 6.92 Å². The highest BCUT2D eigenvalue weighted by molar-refractivity contribution is 5.93. The minimum Gasteiger partial charge on any atom is -0.493 e. The molecule has 0 atom stereocenters. The lowest BCUT2D eigenvalue weighted by Crippen LogP contribution is -2.24. The van der Waals surface area contributed by atoms with Crippen molar-refractivity contribution in [3.8, 4) is 17.2 Å². The van der Waals surface area contributed by atoms with E-state index in [1.165, 1.54) is 25.3 Å². The van der Waals surface area contributed by atoms with Gasteiger partial charge in [0.1, 0.15) is 0 Å². The number of guanidine groups is 1. The Morgan fingerprint density at radius 1 is 1.11 bits per heavy atom. The van der Waals surface area contributed by atoms with E-state index in [-0.39, 0.29) is 18.2 Å². The highest BCUT2D eigenvalue weighted by Gasteiger charge is 2.32. The van der Waals surface area contributed by atoms with Crippen molar-refractivity contribution in [3.63, 3.8) is 0 Å². The molecule has 146 valence electrons. The molecule has 0 bridgehead atoms. The van der Waals surface area contributed by atoms with Crippen LogP contribution >= 0.6 is 0 Å². The lowest BCUT2D eigenvalue weighted by atomic mass is 10.2. The normalized spacial score (nSPS) is 11.8. The monoisotopic (exact) mass is 383 g/mol. The zero-order valence-corrected chi connectivity index (χ0v) is 14.8. The van der Waals surface area contributed by atoms with E-state index >= 15 is 0 Å². The molecule has 0 saturated carbocycles. The summed E-state index contributed by atoms with van der Waals surface area (Å²) in [4.78, 5) is 4.13. The number of benzene rings is 2. The molecule has 0 aliphatic rings. The average Bonchev–Trinajstić information content (AvgIpc) is 2.61. The summed E-state index contributed by atoms with van der Waals surface area (Å²) < 4.78 is 52.0. The Balaban J connectivity index is 2.09. The van der Waals surface area contributed by atoms with Gasteiger partial charge in [-0.25, -0.2) is 4.99 Å². The predicted molar refractivity (Wildman–Crippen MR) is 96.2 cm³/mol. The number of alkyl halides is 3. The number of ether oxygens (including phenoxy) is 3. The van der Waals surface area contributed by atoms with Crippen molar-refractivity contribution in [1.82, 2.24) is 0 Å². The second-order valence-electron chi connectivity index (χ2n) is 5.29. The number of hydrogen-bond acceptors (Lipinski definition) is 4. The van der Waals surface area contributed by atoms with Crippen LogP contribution in [0.5, 0.6) is 17.2 Å². The van der Waals surface area contributed by atoms with Gasteiger partial charge < -0.3 is 25.3 Å². The molecule has 2 aromatic carbocycles. The van der Waals surface area contributed by atoms with Crippen LogP contribution in [0.15, 0.2) is 47.5 Å². The van der Waals surface area contributed by atoms with E-state index in [2.05, 4.69) is 15.0 Å². The van der Waals surface area contributed by atoms with Gasteiger partial charge in [0.25, 0.3) is 0 Å². The van der Waals surface area contributed by atoms with Crippen LogP contribution in [-0.2, 0) is 6.54 Å². The number of hydrogen-bond donors (Lipinski definition) is 2. The number of anilines is 1. The van der Waals surface area contributed by atoms with E-state index in [4.69, 9.17) is 15.2 Å². The molecule has 9 heteroatoms. The van der Waals surface area contributed by atoms with Gasteiger partial charge in [-0.05, 0) is 36.8 Å². The molecule has 0 heterocycles. The first-order chi connectivity index (χ1) is 12.8. The molecule has 27 heavy (non-hydrogen) atoms. The fourth-order valence-electron chi connectivity index (χ4n) is 2.22. The lowest BCUT2D eigenvalue weighted by Gasteiger charge is -2.14. The molecule has 0 unspecified atom stereocenters. The SMILES string of the molecule is CCOc1ccc(CN=C(N)Nc2ccccc2OC(F)(F)F)cc1OC. The predicted octanol–water partition coefficient (Wildman–Crippen LogP) is 3.92. The number of aliphatic imine (C=N–C) groups is 1. The quantitative estimate of drug-likeness (QED) is 0.560. The Kier molecular flexibility index (Phi) is 6.75. The molecule has 3 N–H and O–H groups in total. The lowest BCUT2D eigenvalue weighted by molar-refractivity contribution is -0.274. The Bertz CT molecular complexity index is 795. The third-order valence-electron chi connectivity index (χ3n) is 3.34. The first-order valence-electron chi connectivity index (χ1n) is 8.03. The summed E-state index contributed by atoms with van der Waals surface area (Å²) in [5.74, 6) is 0.712. The number of para-hydroxylation sites is 2. The van der Waals surface area contributed by atoms with Gasteiger partial charge in [0, 0.05) is 0 Å². The molecular weight excluding hydrogens is 363 g/mol. The third kappa shape index (κ3) is 6.28. The molecule has 0 fully saturated rings. The topological polar surface area (TPSA) is 78.1 Å². The summed E-state index contributed by atoms with van der Waals surface area (Å²) in [6.45, 7) is 2.57. The standard InChI is InChI=1S/C18H20F3N3O3/c1-3-26-15-9-8-12(10-16(15)25-2)11-23-17(22)24-13-6-4-5-7-14(13)27-18(19,20)21/h4-10H,3,11H2,1-2H3,(H3,22,23,24). The van der Waals surface area contributed by atoms with Crippen LogP contribution in [0, 0.1) is 0 Å². The summed E-state index contributed by atoms with van der Waals surface area (Å²) in [5, 5.41) is 2.61. The molecule has 0 radical (unpaired) electrons. The van der Waals surface area contributed by atoms with E-state index < -0.39 is 12.1 Å². The van der Waals surface area contributed by atoms with Gasteiger partial charge in [-0.2, -0.15) is 0 Å². The third-order valence-corrected chi connectivity index (χ3v) is 3.34. The Hall–Kier alpha value is -3.10. The Morgan fingerprint density at radius 2 is 1.85 bits per heavy atom. The molecule has 0 aliphatic heterocycles. The number of methoxy groups -OCH3 is 1. The molecule has 0 amide bonds. The molecule has 0 saturated heterocycles. The summed E-state index contributed by atoms with van der Waals surface area (Å²) >= 11 is 0. The van der Waals surface area contributed by atoms with E-state index in [9.17, 15) is 13.2 Å². The minimum absolute atomic E-state index is 0.0546. The number of nitrogens with one attached hydrogen (secondary N) is 1. The number of nitrogens with two attached hydrogens (primary N) is 1. The summed E-state index contributed by atoms with van der Waals surface area (Å²) in [6.07, 6.45) is -4.80. The van der Waals surface area contributed by atoms with Crippen molar-refractivity contribution in [2.24, 2.45) is 10.7 Å². The van der Waals surface area contributed by atoms with E-state index in [0.29, 0.717) is 18.1 Å². The van der Waals surface area contributed by atoms with Crippen LogP contribution in [0.3, 0.4) is 0 Å². The van der Waals surface area contributed by atoms with Crippen molar-refractivity contribution in [1.29, 1.82) is 0 Å². The number of nitrogens with zero attached hydrogens (tertiary/aromatic N) is 1. The maximum Gasteiger partial charge on any atom is 0.573 e. The van der Waals surface area contributed by atoms with Crippen LogP contribution in [0.2, 0.25) is 0 Å². The van der Waals surface area contributed by atoms with Crippen molar-refractivity contribution in [2.45, 2.75) is 19.8 Å². The summed E-state index contributed by atoms with van der Waals surface area (Å²) in [6, 6.07) is 10.9. The van der Waals surface area contributed by atoms with Crippen molar-refractivity contribution in [2.75, 3.05) is 19.0 Å². The van der Waals surface area contributed by atoms with Crippen LogP contribution in [0.25, 0.3) is 0 Å². The second-order valence-corrected chi connectivity index (χ2v) is 5.29. The van der Waals surface area contributed by atoms with Gasteiger partial charge in [-0.3, -0.25) is 0 Å². The molecular formula is C18H20F3N3O3. The van der Waals surface area contributed by atoms with Crippen molar-refractivity contribution in [3.05, 3.63) is 48.0 Å². The number of rotatable bonds is 7. The molecule has 2 rings (SSSR count). The van der Waals surface area contributed by atoms with Gasteiger partial charge in [-0.1, -0.05) is 18.2 Å². The second kappa shape index (κ2) is 9.02. The van der Waals surface area contributed by atoms with Gasteiger partial charge in [0.05, 0.1) is 25.9 Å². The summed E-state index contributed by atoms with van der Waals surface area (Å²) in [7, 11) is 1.53. The first kappa shape index (κ1) is 20.2. The van der Waals surface area contributed by atoms with Gasteiger partial charge in [-0.15, -0.1) is 13.2 Å². The Labute approximate surface area is 154 Å². The number of halogens is 3. The minimum atomic E-state index is -4.80. The molecule has 0 aromatic heterocycles. The largest absolute Gasteiger partial charge is 0.573 e. The molecule has 2 aromatic rings. The zero-order valence-electron chi connectivity index (χ0n) is 14.8. The molecule has 6 nitrogen and oxygen atoms in total. The molecule has 0 aliphatic carbocycles. The van der Waals surface area contributed by atoms with Crippen LogP contribution < -0.4 is 25.3 Å². The van der Waals surface area contributed by atoms with Crippen LogP contribution in [0.4, 0.5) is 18.9 Å².